The third kappa shape index (κ3) is 3.14. The molecule has 1 heterocycles. The molecule has 3 nitrogen and oxygen atoms in total. The molecule has 1 N–H and O–H groups in total. The largest absolute Gasteiger partial charge is 0.310 e. The summed E-state index contributed by atoms with van der Waals surface area (Å²) in [5.74, 6) is 2.46. The first-order valence-corrected chi connectivity index (χ1v) is 8.02. The number of rotatable bonds is 2. The molecule has 3 unspecified atom stereocenters. The van der Waals surface area contributed by atoms with Crippen molar-refractivity contribution in [3.05, 3.63) is 23.4 Å². The number of amides is 1. The Bertz CT molecular complexity index is 491. The van der Waals surface area contributed by atoms with Crippen LogP contribution in [-0.4, -0.2) is 10.9 Å². The van der Waals surface area contributed by atoms with Crippen LogP contribution >= 0.6 is 11.6 Å². The molecule has 3 rings (SSSR count). The Balaban J connectivity index is 1.60. The van der Waals surface area contributed by atoms with E-state index in [1.54, 1.807) is 18.3 Å². The SMILES string of the molecule is O=C(Nc1cc(Cl)ccn1)C1CCC2CCCCC2C1. The summed E-state index contributed by atoms with van der Waals surface area (Å²) in [6.45, 7) is 0. The molecular formula is C16H21ClN2O. The zero-order valence-electron chi connectivity index (χ0n) is 11.6. The van der Waals surface area contributed by atoms with E-state index in [1.165, 1.54) is 32.1 Å². The van der Waals surface area contributed by atoms with Crippen molar-refractivity contribution in [1.82, 2.24) is 4.98 Å². The highest BCUT2D eigenvalue weighted by Gasteiger charge is 2.35. The van der Waals surface area contributed by atoms with Crippen LogP contribution in [0.4, 0.5) is 5.82 Å². The first-order valence-electron chi connectivity index (χ1n) is 7.65. The van der Waals surface area contributed by atoms with Crippen LogP contribution in [0.15, 0.2) is 18.3 Å². The molecule has 2 fully saturated rings. The van der Waals surface area contributed by atoms with Crippen molar-refractivity contribution in [2.45, 2.75) is 44.9 Å². The van der Waals surface area contributed by atoms with E-state index in [4.69, 9.17) is 11.6 Å². The molecule has 0 radical (unpaired) electrons. The number of hydrogen-bond acceptors (Lipinski definition) is 2. The molecule has 1 amide bonds. The number of halogens is 1. The minimum atomic E-state index is 0.115. The molecule has 4 heteroatoms. The Labute approximate surface area is 125 Å². The van der Waals surface area contributed by atoms with Gasteiger partial charge in [0.25, 0.3) is 0 Å². The number of nitrogens with one attached hydrogen (secondary N) is 1. The van der Waals surface area contributed by atoms with Gasteiger partial charge in [0.1, 0.15) is 5.82 Å². The van der Waals surface area contributed by atoms with Gasteiger partial charge in [0.05, 0.1) is 0 Å². The summed E-state index contributed by atoms with van der Waals surface area (Å²) < 4.78 is 0. The number of anilines is 1. The second-order valence-corrected chi connectivity index (χ2v) is 6.60. The van der Waals surface area contributed by atoms with Gasteiger partial charge in [-0.25, -0.2) is 4.98 Å². The first-order chi connectivity index (χ1) is 9.72. The van der Waals surface area contributed by atoms with Crippen molar-refractivity contribution in [3.63, 3.8) is 0 Å². The summed E-state index contributed by atoms with van der Waals surface area (Å²) in [4.78, 5) is 16.5. The molecule has 0 aliphatic heterocycles. The lowest BCUT2D eigenvalue weighted by Gasteiger charge is -2.38. The quantitative estimate of drug-likeness (QED) is 0.884. The Morgan fingerprint density at radius 2 is 2.00 bits per heavy atom. The van der Waals surface area contributed by atoms with Crippen molar-refractivity contribution >= 4 is 23.3 Å². The molecule has 2 aliphatic rings. The van der Waals surface area contributed by atoms with Crippen LogP contribution in [0, 0.1) is 17.8 Å². The van der Waals surface area contributed by atoms with Gasteiger partial charge in [0, 0.05) is 17.1 Å². The highest BCUT2D eigenvalue weighted by molar-refractivity contribution is 6.30. The number of fused-ring (bicyclic) bond motifs is 1. The second-order valence-electron chi connectivity index (χ2n) is 6.16. The summed E-state index contributed by atoms with van der Waals surface area (Å²) in [6.07, 6.45) is 10.3. The van der Waals surface area contributed by atoms with Crippen LogP contribution in [-0.2, 0) is 4.79 Å². The van der Waals surface area contributed by atoms with Crippen LogP contribution in [0.1, 0.15) is 44.9 Å². The summed E-state index contributed by atoms with van der Waals surface area (Å²) in [5, 5.41) is 3.52. The van der Waals surface area contributed by atoms with E-state index in [2.05, 4.69) is 10.3 Å². The number of carbonyl (C=O) groups is 1. The number of nitrogens with zero attached hydrogens (tertiary/aromatic N) is 1. The van der Waals surface area contributed by atoms with Gasteiger partial charge in [0.2, 0.25) is 5.91 Å². The monoisotopic (exact) mass is 292 g/mol. The number of pyridine rings is 1. The normalized spacial score (nSPS) is 29.6. The third-order valence-electron chi connectivity index (χ3n) is 4.88. The van der Waals surface area contributed by atoms with E-state index in [0.717, 1.165) is 24.7 Å². The van der Waals surface area contributed by atoms with Crippen LogP contribution in [0.5, 0.6) is 0 Å². The highest BCUT2D eigenvalue weighted by Crippen LogP contribution is 2.42. The Kier molecular flexibility index (Phi) is 4.25. The molecule has 0 spiro atoms. The van der Waals surface area contributed by atoms with E-state index < -0.39 is 0 Å². The second kappa shape index (κ2) is 6.13. The average molecular weight is 293 g/mol. The topological polar surface area (TPSA) is 42.0 Å². The maximum absolute atomic E-state index is 12.4. The van der Waals surface area contributed by atoms with Crippen molar-refractivity contribution in [3.8, 4) is 0 Å². The standard InChI is InChI=1S/C16H21ClN2O/c17-14-7-8-18-15(10-14)19-16(20)13-6-5-11-3-1-2-4-12(11)9-13/h7-8,10-13H,1-6,9H2,(H,18,19,20). The molecule has 20 heavy (non-hydrogen) atoms. The van der Waals surface area contributed by atoms with E-state index in [0.29, 0.717) is 10.8 Å². The van der Waals surface area contributed by atoms with Crippen LogP contribution < -0.4 is 5.32 Å². The van der Waals surface area contributed by atoms with Gasteiger partial charge in [-0.2, -0.15) is 0 Å². The fraction of sp³-hybridized carbons (Fsp3) is 0.625. The van der Waals surface area contributed by atoms with Crippen molar-refractivity contribution < 1.29 is 4.79 Å². The predicted octanol–water partition coefficient (Wildman–Crippen LogP) is 4.28. The van der Waals surface area contributed by atoms with Crippen molar-refractivity contribution in [1.29, 1.82) is 0 Å². The summed E-state index contributed by atoms with van der Waals surface area (Å²) in [5.41, 5.74) is 0. The highest BCUT2D eigenvalue weighted by atomic mass is 35.5. The number of hydrogen-bond donors (Lipinski definition) is 1. The van der Waals surface area contributed by atoms with Gasteiger partial charge >= 0.3 is 0 Å². The Morgan fingerprint density at radius 3 is 2.80 bits per heavy atom. The zero-order chi connectivity index (χ0) is 13.9. The smallest absolute Gasteiger partial charge is 0.228 e. The third-order valence-corrected chi connectivity index (χ3v) is 5.12. The zero-order valence-corrected chi connectivity index (χ0v) is 12.4. The van der Waals surface area contributed by atoms with Gasteiger partial charge in [-0.3, -0.25) is 4.79 Å². The van der Waals surface area contributed by atoms with Gasteiger partial charge in [-0.15, -0.1) is 0 Å². The Morgan fingerprint density at radius 1 is 1.20 bits per heavy atom. The van der Waals surface area contributed by atoms with Crippen LogP contribution in [0.3, 0.4) is 0 Å². The fourth-order valence-corrected chi connectivity index (χ4v) is 3.97. The lowest BCUT2D eigenvalue weighted by Crippen LogP contribution is -2.34. The van der Waals surface area contributed by atoms with Gasteiger partial charge in [-0.05, 0) is 43.2 Å². The molecule has 108 valence electrons. The van der Waals surface area contributed by atoms with Crippen LogP contribution in [0.25, 0.3) is 0 Å². The van der Waals surface area contributed by atoms with Gasteiger partial charge in [0.15, 0.2) is 0 Å². The van der Waals surface area contributed by atoms with Gasteiger partial charge in [-0.1, -0.05) is 37.3 Å². The van der Waals surface area contributed by atoms with E-state index >= 15 is 0 Å². The average Bonchev–Trinajstić information content (AvgIpc) is 2.47. The lowest BCUT2D eigenvalue weighted by molar-refractivity contribution is -0.122. The molecule has 1 aromatic rings. The molecule has 3 atom stereocenters. The summed E-state index contributed by atoms with van der Waals surface area (Å²) in [6, 6.07) is 3.41. The molecule has 0 saturated heterocycles. The summed E-state index contributed by atoms with van der Waals surface area (Å²) >= 11 is 5.91. The lowest BCUT2D eigenvalue weighted by atomic mass is 9.67. The van der Waals surface area contributed by atoms with Gasteiger partial charge < -0.3 is 5.32 Å². The number of carbonyl (C=O) groups excluding carboxylic acids is 1. The van der Waals surface area contributed by atoms with E-state index in [1.807, 2.05) is 0 Å². The van der Waals surface area contributed by atoms with Crippen LogP contribution in [0.2, 0.25) is 5.02 Å². The molecule has 0 bridgehead atoms. The molecular weight excluding hydrogens is 272 g/mol. The van der Waals surface area contributed by atoms with E-state index in [-0.39, 0.29) is 11.8 Å². The minimum absolute atomic E-state index is 0.115. The minimum Gasteiger partial charge on any atom is -0.310 e. The molecule has 2 aliphatic carbocycles. The summed E-state index contributed by atoms with van der Waals surface area (Å²) in [7, 11) is 0. The molecule has 2 saturated carbocycles. The van der Waals surface area contributed by atoms with Crippen molar-refractivity contribution in [2.24, 2.45) is 17.8 Å². The maximum Gasteiger partial charge on any atom is 0.228 e. The Hall–Kier alpha value is -1.09. The molecule has 1 aromatic heterocycles. The first kappa shape index (κ1) is 13.9. The predicted molar refractivity (Wildman–Crippen MR) is 80.7 cm³/mol. The van der Waals surface area contributed by atoms with E-state index in [9.17, 15) is 4.79 Å². The van der Waals surface area contributed by atoms with Crippen molar-refractivity contribution in [2.75, 3.05) is 5.32 Å². The maximum atomic E-state index is 12.4. The number of aromatic nitrogens is 1. The fourth-order valence-electron chi connectivity index (χ4n) is 3.81. The molecule has 0 aromatic carbocycles.